The molecule has 0 saturated heterocycles. The number of hydrogen-bond acceptors (Lipinski definition) is 1. The molecule has 1 aliphatic rings. The molecule has 1 aromatic rings. The minimum Gasteiger partial charge on any atom is -0.351 e. The van der Waals surface area contributed by atoms with Crippen molar-refractivity contribution in [3.63, 3.8) is 0 Å². The molecule has 0 fully saturated rings. The molecule has 0 atom stereocenters. The fourth-order valence-corrected chi connectivity index (χ4v) is 2.03. The van der Waals surface area contributed by atoms with Gasteiger partial charge in [-0.2, -0.15) is 0 Å². The van der Waals surface area contributed by atoms with Crippen LogP contribution in [0.3, 0.4) is 0 Å². The standard InChI is InChI=1S/C12H17NO/c1-9(2)12(14)10-7-11-5-3-4-6-13(11)8-10/h7-9H,3-6H2,1-2H3. The smallest absolute Gasteiger partial charge is 0.166 e. The summed E-state index contributed by atoms with van der Waals surface area (Å²) in [5, 5.41) is 0. The molecule has 14 heavy (non-hydrogen) atoms. The highest BCUT2D eigenvalue weighted by Crippen LogP contribution is 2.19. The minimum absolute atomic E-state index is 0.111. The van der Waals surface area contributed by atoms with Gasteiger partial charge >= 0.3 is 0 Å². The molecular formula is C12H17NO. The van der Waals surface area contributed by atoms with Crippen molar-refractivity contribution in [3.8, 4) is 0 Å². The second-order valence-electron chi connectivity index (χ2n) is 4.39. The van der Waals surface area contributed by atoms with E-state index >= 15 is 0 Å². The highest BCUT2D eigenvalue weighted by molar-refractivity contribution is 5.97. The highest BCUT2D eigenvalue weighted by atomic mass is 16.1. The number of fused-ring (bicyclic) bond motifs is 1. The molecule has 0 bridgehead atoms. The van der Waals surface area contributed by atoms with Crippen LogP contribution in [0.1, 0.15) is 42.7 Å². The maximum absolute atomic E-state index is 11.7. The Morgan fingerprint density at radius 3 is 2.86 bits per heavy atom. The molecule has 0 saturated carbocycles. The molecule has 2 heteroatoms. The Bertz CT molecular complexity index is 326. The Morgan fingerprint density at radius 2 is 2.21 bits per heavy atom. The SMILES string of the molecule is CC(C)C(=O)c1cc2n(c1)CCCC2. The summed E-state index contributed by atoms with van der Waals surface area (Å²) in [5.41, 5.74) is 2.23. The van der Waals surface area contributed by atoms with E-state index in [-0.39, 0.29) is 11.7 Å². The van der Waals surface area contributed by atoms with E-state index in [2.05, 4.69) is 10.6 Å². The number of Topliss-reactive ketones (excluding diaryl/α,β-unsaturated/α-hetero) is 1. The molecule has 0 unspecified atom stereocenters. The lowest BCUT2D eigenvalue weighted by molar-refractivity contribution is 0.0939. The maximum Gasteiger partial charge on any atom is 0.166 e. The summed E-state index contributed by atoms with van der Waals surface area (Å²) < 4.78 is 2.24. The molecule has 0 aliphatic carbocycles. The highest BCUT2D eigenvalue weighted by Gasteiger charge is 2.16. The van der Waals surface area contributed by atoms with Gasteiger partial charge in [-0.1, -0.05) is 13.8 Å². The fourth-order valence-electron chi connectivity index (χ4n) is 2.03. The Kier molecular flexibility index (Phi) is 2.44. The molecule has 0 N–H and O–H groups in total. The van der Waals surface area contributed by atoms with E-state index in [0.717, 1.165) is 18.5 Å². The summed E-state index contributed by atoms with van der Waals surface area (Å²) in [6.07, 6.45) is 5.67. The second-order valence-corrected chi connectivity index (χ2v) is 4.39. The van der Waals surface area contributed by atoms with Gasteiger partial charge in [-0.15, -0.1) is 0 Å². The zero-order valence-electron chi connectivity index (χ0n) is 8.92. The molecular weight excluding hydrogens is 174 g/mol. The average Bonchev–Trinajstić information content (AvgIpc) is 2.59. The van der Waals surface area contributed by atoms with E-state index in [1.54, 1.807) is 0 Å². The van der Waals surface area contributed by atoms with Crippen molar-refractivity contribution < 1.29 is 4.79 Å². The lowest BCUT2D eigenvalue weighted by atomic mass is 10.0. The largest absolute Gasteiger partial charge is 0.351 e. The van der Waals surface area contributed by atoms with Gasteiger partial charge in [-0.3, -0.25) is 4.79 Å². The first-order chi connectivity index (χ1) is 6.68. The molecule has 0 spiro atoms. The molecule has 0 amide bonds. The van der Waals surface area contributed by atoms with Gasteiger partial charge in [0, 0.05) is 29.9 Å². The van der Waals surface area contributed by atoms with Crippen molar-refractivity contribution in [1.82, 2.24) is 4.57 Å². The van der Waals surface area contributed by atoms with Crippen molar-refractivity contribution in [3.05, 3.63) is 23.5 Å². The Balaban J connectivity index is 2.28. The molecule has 0 aromatic carbocycles. The van der Waals surface area contributed by atoms with Crippen LogP contribution in [-0.2, 0) is 13.0 Å². The van der Waals surface area contributed by atoms with Gasteiger partial charge in [0.1, 0.15) is 0 Å². The van der Waals surface area contributed by atoms with Gasteiger partial charge < -0.3 is 4.57 Å². The number of hydrogen-bond donors (Lipinski definition) is 0. The van der Waals surface area contributed by atoms with Crippen LogP contribution in [-0.4, -0.2) is 10.4 Å². The van der Waals surface area contributed by atoms with Gasteiger partial charge in [-0.25, -0.2) is 0 Å². The van der Waals surface area contributed by atoms with Crippen LogP contribution >= 0.6 is 0 Å². The molecule has 1 aromatic heterocycles. The fraction of sp³-hybridized carbons (Fsp3) is 0.583. The lowest BCUT2D eigenvalue weighted by Crippen LogP contribution is -2.08. The van der Waals surface area contributed by atoms with Gasteiger partial charge in [0.05, 0.1) is 0 Å². The summed E-state index contributed by atoms with van der Waals surface area (Å²) in [6, 6.07) is 2.07. The second kappa shape index (κ2) is 3.60. The number of nitrogens with zero attached hydrogens (tertiary/aromatic N) is 1. The quantitative estimate of drug-likeness (QED) is 0.659. The zero-order valence-corrected chi connectivity index (χ0v) is 8.92. The number of aromatic nitrogens is 1. The molecule has 2 heterocycles. The Hall–Kier alpha value is -1.05. The van der Waals surface area contributed by atoms with Crippen molar-refractivity contribution >= 4 is 5.78 Å². The van der Waals surface area contributed by atoms with E-state index in [0.29, 0.717) is 0 Å². The number of rotatable bonds is 2. The predicted octanol–water partition coefficient (Wildman–Crippen LogP) is 2.66. The van der Waals surface area contributed by atoms with Crippen LogP contribution in [0.4, 0.5) is 0 Å². The number of ketones is 1. The summed E-state index contributed by atoms with van der Waals surface area (Å²) in [6.45, 7) is 5.00. The van der Waals surface area contributed by atoms with E-state index in [1.165, 1.54) is 18.5 Å². The van der Waals surface area contributed by atoms with Crippen LogP contribution in [0.2, 0.25) is 0 Å². The Labute approximate surface area is 84.9 Å². The predicted molar refractivity (Wildman–Crippen MR) is 56.5 cm³/mol. The van der Waals surface area contributed by atoms with Crippen molar-refractivity contribution in [1.29, 1.82) is 0 Å². The first-order valence-electron chi connectivity index (χ1n) is 5.42. The first-order valence-corrected chi connectivity index (χ1v) is 5.42. The third-order valence-electron chi connectivity index (χ3n) is 2.88. The molecule has 2 nitrogen and oxygen atoms in total. The lowest BCUT2D eigenvalue weighted by Gasteiger charge is -2.13. The summed E-state index contributed by atoms with van der Waals surface area (Å²) >= 11 is 0. The summed E-state index contributed by atoms with van der Waals surface area (Å²) in [5.74, 6) is 0.381. The minimum atomic E-state index is 0.111. The summed E-state index contributed by atoms with van der Waals surface area (Å²) in [4.78, 5) is 11.7. The summed E-state index contributed by atoms with van der Waals surface area (Å²) in [7, 11) is 0. The van der Waals surface area contributed by atoms with Crippen LogP contribution in [0, 0.1) is 5.92 Å². The van der Waals surface area contributed by atoms with Gasteiger partial charge in [0.25, 0.3) is 0 Å². The number of aryl methyl sites for hydroxylation is 2. The van der Waals surface area contributed by atoms with E-state index in [4.69, 9.17) is 0 Å². The third-order valence-corrected chi connectivity index (χ3v) is 2.88. The first kappa shape index (κ1) is 9.50. The van der Waals surface area contributed by atoms with E-state index in [9.17, 15) is 4.79 Å². The Morgan fingerprint density at radius 1 is 1.43 bits per heavy atom. The van der Waals surface area contributed by atoms with Crippen LogP contribution < -0.4 is 0 Å². The normalized spacial score (nSPS) is 15.6. The van der Waals surface area contributed by atoms with Gasteiger partial charge in [0.15, 0.2) is 5.78 Å². The number of carbonyl (C=O) groups excluding carboxylic acids is 1. The van der Waals surface area contributed by atoms with Gasteiger partial charge in [-0.05, 0) is 25.3 Å². The van der Waals surface area contributed by atoms with E-state index < -0.39 is 0 Å². The molecule has 0 radical (unpaired) electrons. The van der Waals surface area contributed by atoms with E-state index in [1.807, 2.05) is 20.0 Å². The molecule has 1 aliphatic heterocycles. The maximum atomic E-state index is 11.7. The van der Waals surface area contributed by atoms with Crippen LogP contribution in [0.25, 0.3) is 0 Å². The molecule has 76 valence electrons. The third kappa shape index (κ3) is 1.61. The average molecular weight is 191 g/mol. The topological polar surface area (TPSA) is 22.0 Å². The van der Waals surface area contributed by atoms with Crippen molar-refractivity contribution in [2.45, 2.75) is 39.7 Å². The monoisotopic (exact) mass is 191 g/mol. The van der Waals surface area contributed by atoms with Crippen LogP contribution in [0.15, 0.2) is 12.3 Å². The van der Waals surface area contributed by atoms with Gasteiger partial charge in [0.2, 0.25) is 0 Å². The van der Waals surface area contributed by atoms with Crippen molar-refractivity contribution in [2.75, 3.05) is 0 Å². The zero-order chi connectivity index (χ0) is 10.1. The molecule has 2 rings (SSSR count). The van der Waals surface area contributed by atoms with Crippen molar-refractivity contribution in [2.24, 2.45) is 5.92 Å². The number of carbonyl (C=O) groups is 1. The van der Waals surface area contributed by atoms with Crippen LogP contribution in [0.5, 0.6) is 0 Å².